The van der Waals surface area contributed by atoms with Gasteiger partial charge in [-0.1, -0.05) is 20.8 Å². The Hall–Kier alpha value is 0.0200. The zero-order valence-electron chi connectivity index (χ0n) is 7.04. The van der Waals surface area contributed by atoms with Crippen LogP contribution in [-0.4, -0.2) is 18.5 Å². The topological polar surface area (TPSA) is 12.4 Å². The van der Waals surface area contributed by atoms with Gasteiger partial charge >= 0.3 is 0 Å². The molecular weight excluding hydrogens is 142 g/mol. The van der Waals surface area contributed by atoms with Gasteiger partial charge in [0.15, 0.2) is 0 Å². The number of nitrogens with zero attached hydrogens (tertiary/aromatic N) is 1. The average molecular weight is 159 g/mol. The lowest BCUT2D eigenvalue weighted by atomic mass is 10.2. The molecule has 0 saturated carbocycles. The molecule has 1 nitrogen and oxygen atoms in total. The van der Waals surface area contributed by atoms with Gasteiger partial charge in [0.1, 0.15) is 0 Å². The zero-order chi connectivity index (χ0) is 7.98. The molecule has 0 aliphatic heterocycles. The van der Waals surface area contributed by atoms with Gasteiger partial charge in [0.05, 0.1) is 0 Å². The molecule has 0 spiro atoms. The summed E-state index contributed by atoms with van der Waals surface area (Å²) in [5.41, 5.74) is 0. The van der Waals surface area contributed by atoms with E-state index in [-0.39, 0.29) is 0 Å². The minimum absolute atomic E-state index is 0.576. The summed E-state index contributed by atoms with van der Waals surface area (Å²) in [6.45, 7) is 7.34. The summed E-state index contributed by atoms with van der Waals surface area (Å²) >= 11 is 4.17. The molecule has 0 aromatic carbocycles. The van der Waals surface area contributed by atoms with Gasteiger partial charge in [-0.05, 0) is 17.6 Å². The number of hydrogen-bond donors (Lipinski definition) is 1. The van der Waals surface area contributed by atoms with Gasteiger partial charge in [-0.25, -0.2) is 0 Å². The summed E-state index contributed by atoms with van der Waals surface area (Å²) in [6, 6.07) is 0. The van der Waals surface area contributed by atoms with Crippen molar-refractivity contribution in [2.75, 3.05) is 12.3 Å². The van der Waals surface area contributed by atoms with Gasteiger partial charge < -0.3 is 0 Å². The fourth-order valence-electron chi connectivity index (χ4n) is 0.509. The highest BCUT2D eigenvalue weighted by molar-refractivity contribution is 7.80. The average Bonchev–Trinajstić information content (AvgIpc) is 1.87. The lowest BCUT2D eigenvalue weighted by Gasteiger charge is -2.02. The number of rotatable bonds is 4. The van der Waals surface area contributed by atoms with Crippen molar-refractivity contribution in [1.29, 1.82) is 0 Å². The molecule has 1 atom stereocenters. The maximum atomic E-state index is 4.27. The SMILES string of the molecule is CC(C)C=NCC(C)CS. The van der Waals surface area contributed by atoms with Crippen LogP contribution < -0.4 is 0 Å². The molecule has 0 aromatic rings. The number of aliphatic imine (C=N–C) groups is 1. The van der Waals surface area contributed by atoms with Gasteiger partial charge in [-0.3, -0.25) is 4.99 Å². The van der Waals surface area contributed by atoms with E-state index in [0.717, 1.165) is 12.3 Å². The lowest BCUT2D eigenvalue weighted by molar-refractivity contribution is 0.676. The normalized spacial score (nSPS) is 14.9. The second-order valence-electron chi connectivity index (χ2n) is 3.05. The van der Waals surface area contributed by atoms with Crippen molar-refractivity contribution in [2.45, 2.75) is 20.8 Å². The third kappa shape index (κ3) is 6.14. The Morgan fingerprint density at radius 2 is 2.00 bits per heavy atom. The lowest BCUT2D eigenvalue weighted by Crippen LogP contribution is -2.01. The molecule has 0 fully saturated rings. The van der Waals surface area contributed by atoms with Crippen LogP contribution in [0.15, 0.2) is 4.99 Å². The first-order valence-corrected chi connectivity index (χ1v) is 4.40. The van der Waals surface area contributed by atoms with Crippen LogP contribution in [-0.2, 0) is 0 Å². The molecule has 0 rings (SSSR count). The molecule has 0 aromatic heterocycles. The van der Waals surface area contributed by atoms with E-state index in [9.17, 15) is 0 Å². The zero-order valence-corrected chi connectivity index (χ0v) is 7.94. The summed E-state index contributed by atoms with van der Waals surface area (Å²) in [5, 5.41) is 0. The van der Waals surface area contributed by atoms with E-state index in [4.69, 9.17) is 0 Å². The van der Waals surface area contributed by atoms with Crippen LogP contribution in [0.3, 0.4) is 0 Å². The second-order valence-corrected chi connectivity index (χ2v) is 3.41. The molecule has 60 valence electrons. The highest BCUT2D eigenvalue weighted by Crippen LogP contribution is 1.97. The third-order valence-corrected chi connectivity index (χ3v) is 1.76. The van der Waals surface area contributed by atoms with Crippen molar-refractivity contribution >= 4 is 18.8 Å². The molecule has 0 amide bonds. The largest absolute Gasteiger partial charge is 0.297 e. The van der Waals surface area contributed by atoms with Crippen molar-refractivity contribution in [3.05, 3.63) is 0 Å². The highest BCUT2D eigenvalue weighted by atomic mass is 32.1. The van der Waals surface area contributed by atoms with E-state index in [2.05, 4.69) is 38.4 Å². The Morgan fingerprint density at radius 3 is 2.40 bits per heavy atom. The van der Waals surface area contributed by atoms with E-state index in [0.29, 0.717) is 11.8 Å². The molecule has 0 bridgehead atoms. The first-order chi connectivity index (χ1) is 4.66. The quantitative estimate of drug-likeness (QED) is 0.477. The summed E-state index contributed by atoms with van der Waals surface area (Å²) in [6.07, 6.45) is 2.00. The van der Waals surface area contributed by atoms with E-state index in [1.807, 2.05) is 6.21 Å². The molecule has 1 unspecified atom stereocenters. The first kappa shape index (κ1) is 10.0. The summed E-state index contributed by atoms with van der Waals surface area (Å²) < 4.78 is 0. The van der Waals surface area contributed by atoms with Crippen LogP contribution in [0.2, 0.25) is 0 Å². The van der Waals surface area contributed by atoms with Crippen LogP contribution in [0, 0.1) is 11.8 Å². The number of thiol groups is 1. The maximum Gasteiger partial charge on any atom is 0.0418 e. The molecule has 0 aliphatic rings. The van der Waals surface area contributed by atoms with Gasteiger partial charge in [0, 0.05) is 12.8 Å². The molecule has 0 radical (unpaired) electrons. The predicted octanol–water partition coefficient (Wildman–Crippen LogP) is 2.28. The third-order valence-electron chi connectivity index (χ3n) is 1.13. The van der Waals surface area contributed by atoms with E-state index in [1.165, 1.54) is 0 Å². The van der Waals surface area contributed by atoms with Crippen molar-refractivity contribution in [3.8, 4) is 0 Å². The Balaban J connectivity index is 3.33. The minimum atomic E-state index is 0.576. The van der Waals surface area contributed by atoms with Crippen LogP contribution in [0.4, 0.5) is 0 Å². The fraction of sp³-hybridized carbons (Fsp3) is 0.875. The monoisotopic (exact) mass is 159 g/mol. The smallest absolute Gasteiger partial charge is 0.0418 e. The Kier molecular flexibility index (Phi) is 5.79. The van der Waals surface area contributed by atoms with Gasteiger partial charge in [-0.15, -0.1) is 0 Å². The summed E-state index contributed by atoms with van der Waals surface area (Å²) in [7, 11) is 0. The van der Waals surface area contributed by atoms with Crippen LogP contribution in [0.1, 0.15) is 20.8 Å². The van der Waals surface area contributed by atoms with Gasteiger partial charge in [-0.2, -0.15) is 12.6 Å². The van der Waals surface area contributed by atoms with Crippen molar-refractivity contribution < 1.29 is 0 Å². The minimum Gasteiger partial charge on any atom is -0.297 e. The van der Waals surface area contributed by atoms with Crippen LogP contribution in [0.25, 0.3) is 0 Å². The van der Waals surface area contributed by atoms with Gasteiger partial charge in [0.25, 0.3) is 0 Å². The molecule has 0 aliphatic carbocycles. The van der Waals surface area contributed by atoms with E-state index in [1.54, 1.807) is 0 Å². The fourth-order valence-corrected chi connectivity index (χ4v) is 0.625. The Morgan fingerprint density at radius 1 is 1.40 bits per heavy atom. The van der Waals surface area contributed by atoms with Crippen LogP contribution >= 0.6 is 12.6 Å². The maximum absolute atomic E-state index is 4.27. The Bertz CT molecular complexity index is 99.4. The summed E-state index contributed by atoms with van der Waals surface area (Å²) in [4.78, 5) is 4.27. The highest BCUT2D eigenvalue weighted by Gasteiger charge is 1.94. The molecule has 2 heteroatoms. The van der Waals surface area contributed by atoms with Crippen molar-refractivity contribution in [3.63, 3.8) is 0 Å². The van der Waals surface area contributed by atoms with Crippen molar-refractivity contribution in [1.82, 2.24) is 0 Å². The predicted molar refractivity (Wildman–Crippen MR) is 51.2 cm³/mol. The Labute approximate surface area is 69.3 Å². The van der Waals surface area contributed by atoms with E-state index >= 15 is 0 Å². The molecule has 10 heavy (non-hydrogen) atoms. The van der Waals surface area contributed by atoms with E-state index < -0.39 is 0 Å². The molecular formula is C8H17NS. The number of hydrogen-bond acceptors (Lipinski definition) is 2. The standard InChI is InChI=1S/C8H17NS/c1-7(2)4-9-5-8(3)6-10/h4,7-8,10H,5-6H2,1-3H3. The molecule has 0 heterocycles. The summed E-state index contributed by atoms with van der Waals surface area (Å²) in [5.74, 6) is 2.11. The molecule has 0 saturated heterocycles. The second kappa shape index (κ2) is 5.78. The van der Waals surface area contributed by atoms with Crippen LogP contribution in [0.5, 0.6) is 0 Å². The van der Waals surface area contributed by atoms with Crippen molar-refractivity contribution in [2.24, 2.45) is 16.8 Å². The molecule has 0 N–H and O–H groups in total. The van der Waals surface area contributed by atoms with Gasteiger partial charge in [0.2, 0.25) is 0 Å². The first-order valence-electron chi connectivity index (χ1n) is 3.77.